The van der Waals surface area contributed by atoms with Crippen molar-refractivity contribution >= 4 is 23.2 Å². The second kappa shape index (κ2) is 19.7. The first-order valence-electron chi connectivity index (χ1n) is 18.3. The van der Waals surface area contributed by atoms with Gasteiger partial charge < -0.3 is 28.3 Å². The Balaban J connectivity index is 1.20. The molecular weight excluding hydrogens is 640 g/mol. The number of esters is 1. The Morgan fingerprint density at radius 1 is 0.760 bits per heavy atom. The van der Waals surface area contributed by atoms with Crippen molar-refractivity contribution in [2.45, 2.75) is 77.3 Å². The Hall–Kier alpha value is -3.58. The van der Waals surface area contributed by atoms with Gasteiger partial charge in [0, 0.05) is 38.9 Å². The molecule has 0 aliphatic heterocycles. The van der Waals surface area contributed by atoms with Crippen molar-refractivity contribution in [2.75, 3.05) is 60.0 Å². The number of hydrogen-bond acceptors (Lipinski definition) is 9. The third kappa shape index (κ3) is 10.5. The van der Waals surface area contributed by atoms with Crippen molar-refractivity contribution in [3.8, 4) is 11.4 Å². The number of carbonyl (C=O) groups excluding carboxylic acids is 1. The van der Waals surface area contributed by atoms with E-state index in [0.717, 1.165) is 49.7 Å². The molecule has 2 saturated carbocycles. The molecular formula is C38H54N4O8. The summed E-state index contributed by atoms with van der Waals surface area (Å²) in [5.74, 6) is 0.919. The number of nitrogens with zero attached hydrogens (tertiary/aromatic N) is 4. The van der Waals surface area contributed by atoms with E-state index < -0.39 is 5.97 Å². The van der Waals surface area contributed by atoms with E-state index in [2.05, 4.69) is 0 Å². The zero-order valence-electron chi connectivity index (χ0n) is 29.8. The number of benzene rings is 1. The van der Waals surface area contributed by atoms with E-state index in [9.17, 15) is 14.4 Å². The minimum atomic E-state index is -0.460. The summed E-state index contributed by atoms with van der Waals surface area (Å²) in [7, 11) is 3.48. The van der Waals surface area contributed by atoms with Crippen LogP contribution in [0, 0.1) is 11.8 Å². The molecule has 12 heteroatoms. The summed E-state index contributed by atoms with van der Waals surface area (Å²) in [6.07, 6.45) is 14.5. The predicted octanol–water partition coefficient (Wildman–Crippen LogP) is 4.98. The molecule has 0 unspecified atom stereocenters. The molecule has 0 saturated heterocycles. The maximum absolute atomic E-state index is 14.0. The van der Waals surface area contributed by atoms with Crippen LogP contribution in [0.15, 0.2) is 39.9 Å². The molecule has 1 aromatic carbocycles. The predicted molar refractivity (Wildman–Crippen MR) is 192 cm³/mol. The number of ether oxygens (including phenoxy) is 5. The second-order valence-electron chi connectivity index (χ2n) is 13.4. The summed E-state index contributed by atoms with van der Waals surface area (Å²) in [5.41, 5.74) is 2.08. The molecule has 0 bridgehead atoms. The smallest absolute Gasteiger partial charge is 0.332 e. The second-order valence-corrected chi connectivity index (χ2v) is 13.4. The van der Waals surface area contributed by atoms with Crippen LogP contribution in [-0.4, -0.2) is 84.6 Å². The summed E-state index contributed by atoms with van der Waals surface area (Å²) in [6, 6.07) is 7.61. The first kappa shape index (κ1) is 37.7. The lowest BCUT2D eigenvalue weighted by Gasteiger charge is -2.24. The molecule has 5 rings (SSSR count). The molecule has 2 aliphatic rings. The van der Waals surface area contributed by atoms with Gasteiger partial charge in [0.2, 0.25) is 0 Å². The van der Waals surface area contributed by atoms with Crippen LogP contribution in [0.1, 0.15) is 69.8 Å². The summed E-state index contributed by atoms with van der Waals surface area (Å²) in [4.78, 5) is 45.1. The first-order chi connectivity index (χ1) is 24.5. The lowest BCUT2D eigenvalue weighted by molar-refractivity contribution is -0.139. The maximum atomic E-state index is 14.0. The molecule has 274 valence electrons. The number of carbonyl (C=O) groups is 1. The highest BCUT2D eigenvalue weighted by Gasteiger charge is 2.25. The Bertz CT molecular complexity index is 1650. The van der Waals surface area contributed by atoms with Crippen LogP contribution in [0.3, 0.4) is 0 Å². The molecule has 0 spiro atoms. The summed E-state index contributed by atoms with van der Waals surface area (Å²) >= 11 is 0. The lowest BCUT2D eigenvalue weighted by Crippen LogP contribution is -2.43. The van der Waals surface area contributed by atoms with Gasteiger partial charge in [0.05, 0.1) is 46.2 Å². The number of rotatable bonds is 19. The molecule has 0 amide bonds. The molecule has 0 radical (unpaired) electrons. The van der Waals surface area contributed by atoms with E-state index in [-0.39, 0.29) is 24.5 Å². The zero-order chi connectivity index (χ0) is 35.1. The maximum Gasteiger partial charge on any atom is 0.332 e. The number of aryl methyl sites for hydroxylation is 1. The van der Waals surface area contributed by atoms with Crippen LogP contribution in [0.5, 0.6) is 0 Å². The van der Waals surface area contributed by atoms with Gasteiger partial charge in [-0.2, -0.15) is 0 Å². The van der Waals surface area contributed by atoms with E-state index in [1.807, 2.05) is 35.9 Å². The van der Waals surface area contributed by atoms with Crippen molar-refractivity contribution in [1.82, 2.24) is 18.7 Å². The minimum absolute atomic E-state index is 0.142. The van der Waals surface area contributed by atoms with Gasteiger partial charge in [-0.05, 0) is 49.2 Å². The van der Waals surface area contributed by atoms with Gasteiger partial charge >= 0.3 is 11.7 Å². The van der Waals surface area contributed by atoms with Crippen LogP contribution in [0.2, 0.25) is 0 Å². The van der Waals surface area contributed by atoms with E-state index >= 15 is 0 Å². The van der Waals surface area contributed by atoms with E-state index in [1.165, 1.54) is 36.3 Å². The highest BCUT2D eigenvalue weighted by Crippen LogP contribution is 2.28. The van der Waals surface area contributed by atoms with E-state index in [1.54, 1.807) is 17.8 Å². The van der Waals surface area contributed by atoms with Crippen molar-refractivity contribution in [3.05, 3.63) is 56.7 Å². The number of methoxy groups -OCH3 is 1. The fourth-order valence-electron chi connectivity index (χ4n) is 7.04. The highest BCUT2D eigenvalue weighted by molar-refractivity contribution is 5.87. The lowest BCUT2D eigenvalue weighted by atomic mass is 9.89. The largest absolute Gasteiger partial charge is 0.460 e. The van der Waals surface area contributed by atoms with Crippen LogP contribution >= 0.6 is 0 Å². The SMILES string of the molecule is COCCOCCOCCOCCOC(=O)/C=C/c1ccc(-c2nc3c(c(=O)n(CC4CCCCC4)c(=O)n3CC3CCCCC3)n2C)cc1. The van der Waals surface area contributed by atoms with Gasteiger partial charge in [-0.25, -0.2) is 14.6 Å². The Morgan fingerprint density at radius 2 is 1.30 bits per heavy atom. The monoisotopic (exact) mass is 694 g/mol. The van der Waals surface area contributed by atoms with Crippen molar-refractivity contribution in [1.29, 1.82) is 0 Å². The molecule has 0 N–H and O–H groups in total. The van der Waals surface area contributed by atoms with Crippen molar-refractivity contribution < 1.29 is 28.5 Å². The summed E-state index contributed by atoms with van der Waals surface area (Å²) in [6.45, 7) is 4.40. The van der Waals surface area contributed by atoms with Crippen LogP contribution < -0.4 is 11.2 Å². The van der Waals surface area contributed by atoms with Gasteiger partial charge in [0.1, 0.15) is 12.4 Å². The standard InChI is InChI=1S/C38H54N4O8/c1-40-34-36(41(27-30-9-5-3-6-10-30)38(45)42(37(34)44)28-31-11-7-4-8-12-31)39-35(40)32-16-13-29(14-17-32)15-18-33(43)50-26-25-49-24-23-48-22-21-47-20-19-46-2/h13-18,30-31H,3-12,19-28H2,1-2H3/b18-15+. The van der Waals surface area contributed by atoms with Gasteiger partial charge in [-0.3, -0.25) is 13.9 Å². The molecule has 3 aromatic rings. The van der Waals surface area contributed by atoms with Crippen molar-refractivity contribution in [3.63, 3.8) is 0 Å². The van der Waals surface area contributed by atoms with Crippen LogP contribution in [-0.2, 0) is 48.6 Å². The number of hydrogen-bond donors (Lipinski definition) is 0. The van der Waals surface area contributed by atoms with E-state index in [0.29, 0.717) is 81.6 Å². The third-order valence-corrected chi connectivity index (χ3v) is 9.80. The van der Waals surface area contributed by atoms with Gasteiger partial charge in [0.15, 0.2) is 11.2 Å². The van der Waals surface area contributed by atoms with Gasteiger partial charge in [0.25, 0.3) is 5.56 Å². The molecule has 2 heterocycles. The van der Waals surface area contributed by atoms with Crippen molar-refractivity contribution in [2.24, 2.45) is 18.9 Å². The first-order valence-corrected chi connectivity index (χ1v) is 18.3. The molecule has 50 heavy (non-hydrogen) atoms. The molecule has 12 nitrogen and oxygen atoms in total. The minimum Gasteiger partial charge on any atom is -0.460 e. The quantitative estimate of drug-likeness (QED) is 0.0971. The van der Waals surface area contributed by atoms with Crippen LogP contribution in [0.25, 0.3) is 28.6 Å². The molecule has 0 atom stereocenters. The van der Waals surface area contributed by atoms with E-state index in [4.69, 9.17) is 28.7 Å². The summed E-state index contributed by atoms with van der Waals surface area (Å²) in [5, 5.41) is 0. The zero-order valence-corrected chi connectivity index (χ0v) is 29.8. The van der Waals surface area contributed by atoms with Gasteiger partial charge in [-0.15, -0.1) is 0 Å². The van der Waals surface area contributed by atoms with Gasteiger partial charge in [-0.1, -0.05) is 62.8 Å². The average molecular weight is 695 g/mol. The molecule has 2 aromatic heterocycles. The molecule has 2 aliphatic carbocycles. The number of imidazole rings is 1. The summed E-state index contributed by atoms with van der Waals surface area (Å²) < 4.78 is 31.4. The average Bonchev–Trinajstić information content (AvgIpc) is 3.49. The fraction of sp³-hybridized carbons (Fsp3) is 0.632. The highest BCUT2D eigenvalue weighted by atomic mass is 16.6. The Labute approximate surface area is 294 Å². The molecule has 2 fully saturated rings. The topological polar surface area (TPSA) is 125 Å². The Kier molecular flexibility index (Phi) is 14.9. The third-order valence-electron chi connectivity index (χ3n) is 9.80. The normalized spacial score (nSPS) is 16.1. The number of fused-ring (bicyclic) bond motifs is 1. The fourth-order valence-corrected chi connectivity index (χ4v) is 7.04. The number of aromatic nitrogens is 4. The Morgan fingerprint density at radius 3 is 1.88 bits per heavy atom. The van der Waals surface area contributed by atoms with Crippen LogP contribution in [0.4, 0.5) is 0 Å².